The van der Waals surface area contributed by atoms with Gasteiger partial charge in [-0.05, 0) is 46.9 Å². The van der Waals surface area contributed by atoms with E-state index in [9.17, 15) is 20.4 Å². The van der Waals surface area contributed by atoms with Crippen molar-refractivity contribution in [1.29, 1.82) is 0 Å². The molecule has 0 aliphatic carbocycles. The van der Waals surface area contributed by atoms with Crippen molar-refractivity contribution in [2.75, 3.05) is 6.61 Å². The summed E-state index contributed by atoms with van der Waals surface area (Å²) in [6, 6.07) is 20.4. The summed E-state index contributed by atoms with van der Waals surface area (Å²) in [4.78, 5) is 0. The van der Waals surface area contributed by atoms with Gasteiger partial charge in [0.2, 0.25) is 0 Å². The maximum atomic E-state index is 10.5. The van der Waals surface area contributed by atoms with E-state index in [4.69, 9.17) is 4.74 Å². The summed E-state index contributed by atoms with van der Waals surface area (Å²) in [6.07, 6.45) is -5.00. The fraction of sp³-hybridized carbons (Fsp3) is 0.333. The van der Waals surface area contributed by atoms with Crippen LogP contribution >= 0.6 is 0 Å². The van der Waals surface area contributed by atoms with Crippen LogP contribution in [0.5, 0.6) is 0 Å². The van der Waals surface area contributed by atoms with Gasteiger partial charge in [-0.25, -0.2) is 0 Å². The molecule has 1 aliphatic rings. The van der Waals surface area contributed by atoms with Crippen molar-refractivity contribution in [3.8, 4) is 0 Å². The summed E-state index contributed by atoms with van der Waals surface area (Å²) in [7, 11) is 0. The van der Waals surface area contributed by atoms with Crippen molar-refractivity contribution in [1.82, 2.24) is 0 Å². The second-order valence-electron chi connectivity index (χ2n) is 7.81. The molecule has 0 spiro atoms. The lowest BCUT2D eigenvalue weighted by Crippen LogP contribution is -2.55. The first-order valence-electron chi connectivity index (χ1n) is 9.85. The minimum absolute atomic E-state index is 0.437. The van der Waals surface area contributed by atoms with E-state index in [0.717, 1.165) is 22.8 Å². The summed E-state index contributed by atoms with van der Waals surface area (Å²) in [6.45, 7) is 1.63. The van der Waals surface area contributed by atoms with Gasteiger partial charge >= 0.3 is 0 Å². The molecule has 4 N–H and O–H groups in total. The summed E-state index contributed by atoms with van der Waals surface area (Å²) in [5.41, 5.74) is 4.28. The quantitative estimate of drug-likeness (QED) is 0.545. The Kier molecular flexibility index (Phi) is 5.67. The van der Waals surface area contributed by atoms with E-state index in [0.29, 0.717) is 5.56 Å². The summed E-state index contributed by atoms with van der Waals surface area (Å²) >= 11 is 0. The number of ether oxygens (including phenoxy) is 1. The zero-order chi connectivity index (χ0) is 20.5. The van der Waals surface area contributed by atoms with E-state index in [-0.39, 0.29) is 0 Å². The Balaban J connectivity index is 1.70. The van der Waals surface area contributed by atoms with E-state index < -0.39 is 37.1 Å². The predicted octanol–water partition coefficient (Wildman–Crippen LogP) is 2.25. The molecule has 0 radical (unpaired) electrons. The van der Waals surface area contributed by atoms with Gasteiger partial charge < -0.3 is 25.2 Å². The Morgan fingerprint density at radius 2 is 1.62 bits per heavy atom. The first-order chi connectivity index (χ1) is 14.0. The molecule has 29 heavy (non-hydrogen) atoms. The number of rotatable bonds is 4. The van der Waals surface area contributed by atoms with Crippen LogP contribution in [-0.4, -0.2) is 51.4 Å². The van der Waals surface area contributed by atoms with Crippen molar-refractivity contribution < 1.29 is 25.2 Å². The van der Waals surface area contributed by atoms with Gasteiger partial charge in [-0.15, -0.1) is 0 Å². The second kappa shape index (κ2) is 8.22. The SMILES string of the molecule is Cc1ccc(Cc2cccc3ccc([C@@H]4O[C@H](CO)[C@@H](O)[C@H](O)[C@H]4O)cc23)cc1. The molecule has 0 bridgehead atoms. The minimum Gasteiger partial charge on any atom is -0.394 e. The molecule has 1 fully saturated rings. The highest BCUT2D eigenvalue weighted by Gasteiger charge is 2.43. The van der Waals surface area contributed by atoms with E-state index in [1.807, 2.05) is 30.3 Å². The minimum atomic E-state index is -1.38. The summed E-state index contributed by atoms with van der Waals surface area (Å²) in [5.74, 6) is 0. The highest BCUT2D eigenvalue weighted by molar-refractivity contribution is 5.86. The van der Waals surface area contributed by atoms with Gasteiger partial charge in [0, 0.05) is 0 Å². The van der Waals surface area contributed by atoms with E-state index >= 15 is 0 Å². The standard InChI is InChI=1S/C24H26O5/c1-14-5-7-15(8-6-14)11-17-4-2-3-16-9-10-18(12-19(16)17)24-23(28)22(27)21(26)20(13-25)29-24/h2-10,12,20-28H,11,13H2,1H3/t20-,21-,22+,23-,24+/m1/s1. The maximum absolute atomic E-state index is 10.5. The molecular weight excluding hydrogens is 368 g/mol. The molecule has 4 rings (SSSR count). The Labute approximate surface area is 169 Å². The monoisotopic (exact) mass is 394 g/mol. The molecule has 3 aromatic carbocycles. The van der Waals surface area contributed by atoms with Gasteiger partial charge in [-0.1, -0.05) is 60.2 Å². The van der Waals surface area contributed by atoms with Crippen LogP contribution in [0, 0.1) is 6.92 Å². The zero-order valence-corrected chi connectivity index (χ0v) is 16.3. The Morgan fingerprint density at radius 1 is 0.862 bits per heavy atom. The van der Waals surface area contributed by atoms with Crippen molar-refractivity contribution in [3.05, 3.63) is 82.9 Å². The number of hydrogen-bond donors (Lipinski definition) is 4. The molecule has 5 nitrogen and oxygen atoms in total. The van der Waals surface area contributed by atoms with Gasteiger partial charge in [0.05, 0.1) is 6.61 Å². The fourth-order valence-electron chi connectivity index (χ4n) is 3.99. The number of fused-ring (bicyclic) bond motifs is 1. The van der Waals surface area contributed by atoms with Crippen LogP contribution in [0.2, 0.25) is 0 Å². The first-order valence-corrected chi connectivity index (χ1v) is 9.85. The summed E-state index contributed by atoms with van der Waals surface area (Å²) in [5, 5.41) is 42.2. The molecule has 5 atom stereocenters. The molecule has 0 aromatic heterocycles. The highest BCUT2D eigenvalue weighted by Crippen LogP contribution is 2.34. The molecule has 0 unspecified atom stereocenters. The lowest BCUT2D eigenvalue weighted by atomic mass is 9.89. The highest BCUT2D eigenvalue weighted by atomic mass is 16.5. The lowest BCUT2D eigenvalue weighted by Gasteiger charge is -2.40. The van der Waals surface area contributed by atoms with E-state index in [1.165, 1.54) is 11.1 Å². The third-order valence-electron chi connectivity index (χ3n) is 5.73. The summed E-state index contributed by atoms with van der Waals surface area (Å²) < 4.78 is 5.73. The van der Waals surface area contributed by atoms with Gasteiger partial charge in [-0.2, -0.15) is 0 Å². The zero-order valence-electron chi connectivity index (χ0n) is 16.3. The van der Waals surface area contributed by atoms with Gasteiger partial charge in [0.1, 0.15) is 30.5 Å². The molecule has 0 saturated carbocycles. The van der Waals surface area contributed by atoms with Crippen LogP contribution < -0.4 is 0 Å². The largest absolute Gasteiger partial charge is 0.394 e. The molecule has 5 heteroatoms. The number of aryl methyl sites for hydroxylation is 1. The van der Waals surface area contributed by atoms with Gasteiger partial charge in [0.15, 0.2) is 0 Å². The average molecular weight is 394 g/mol. The molecule has 1 saturated heterocycles. The van der Waals surface area contributed by atoms with Crippen LogP contribution in [0.4, 0.5) is 0 Å². The van der Waals surface area contributed by atoms with Crippen LogP contribution in [0.1, 0.15) is 28.4 Å². The van der Waals surface area contributed by atoms with E-state index in [2.05, 4.69) is 37.3 Å². The smallest absolute Gasteiger partial charge is 0.113 e. The Hall–Kier alpha value is -2.28. The van der Waals surface area contributed by atoms with E-state index in [1.54, 1.807) is 0 Å². The number of benzene rings is 3. The topological polar surface area (TPSA) is 90.2 Å². The van der Waals surface area contributed by atoms with Crippen molar-refractivity contribution >= 4 is 10.8 Å². The van der Waals surface area contributed by atoms with Crippen LogP contribution in [0.3, 0.4) is 0 Å². The van der Waals surface area contributed by atoms with Gasteiger partial charge in [0.25, 0.3) is 0 Å². The van der Waals surface area contributed by atoms with Crippen molar-refractivity contribution in [2.24, 2.45) is 0 Å². The Bertz CT molecular complexity index is 982. The normalized spacial score (nSPS) is 27.3. The fourth-order valence-corrected chi connectivity index (χ4v) is 3.99. The maximum Gasteiger partial charge on any atom is 0.113 e. The number of aliphatic hydroxyl groups is 4. The van der Waals surface area contributed by atoms with Gasteiger partial charge in [-0.3, -0.25) is 0 Å². The molecule has 1 aliphatic heterocycles. The van der Waals surface area contributed by atoms with Crippen LogP contribution in [0.25, 0.3) is 10.8 Å². The molecule has 0 amide bonds. The second-order valence-corrected chi connectivity index (χ2v) is 7.81. The average Bonchev–Trinajstić information content (AvgIpc) is 2.74. The molecule has 3 aromatic rings. The first kappa shape index (κ1) is 20.0. The molecule has 1 heterocycles. The van der Waals surface area contributed by atoms with Crippen LogP contribution in [0.15, 0.2) is 60.7 Å². The molecule has 152 valence electrons. The lowest BCUT2D eigenvalue weighted by molar-refractivity contribution is -0.231. The Morgan fingerprint density at radius 3 is 2.34 bits per heavy atom. The third kappa shape index (κ3) is 3.92. The van der Waals surface area contributed by atoms with Crippen molar-refractivity contribution in [2.45, 2.75) is 43.9 Å². The predicted molar refractivity (Wildman–Crippen MR) is 111 cm³/mol. The van der Waals surface area contributed by atoms with Crippen LogP contribution in [-0.2, 0) is 11.2 Å². The third-order valence-corrected chi connectivity index (χ3v) is 5.73. The number of hydrogen-bond acceptors (Lipinski definition) is 5. The van der Waals surface area contributed by atoms with Crippen molar-refractivity contribution in [3.63, 3.8) is 0 Å². The molecular formula is C24H26O5. The number of aliphatic hydroxyl groups excluding tert-OH is 4.